The molecule has 2 aromatic rings. The molecule has 0 aromatic heterocycles. The summed E-state index contributed by atoms with van der Waals surface area (Å²) in [5.74, 6) is 0.764. The molecule has 2 heterocycles. The lowest BCUT2D eigenvalue weighted by molar-refractivity contribution is -0.0480. The maximum absolute atomic E-state index is 6.74. The number of hydrogen-bond acceptors (Lipinski definition) is 2. The van der Waals surface area contributed by atoms with Gasteiger partial charge in [0.15, 0.2) is 0 Å². The van der Waals surface area contributed by atoms with E-state index in [-0.39, 0.29) is 6.10 Å². The Morgan fingerprint density at radius 1 is 0.885 bits per heavy atom. The number of alkyl halides is 1. The Balaban J connectivity index is 1.49. The SMILES string of the molecule is ClCCCN1C2CCC1CC(OC(c1ccccc1)c1ccccc1)C2. The third kappa shape index (κ3) is 3.98. The monoisotopic (exact) mass is 369 g/mol. The number of fused-ring (bicyclic) bond motifs is 2. The number of hydrogen-bond donors (Lipinski definition) is 0. The zero-order valence-electron chi connectivity index (χ0n) is 15.3. The van der Waals surface area contributed by atoms with Gasteiger partial charge in [-0.15, -0.1) is 11.6 Å². The van der Waals surface area contributed by atoms with Gasteiger partial charge in [-0.3, -0.25) is 4.90 Å². The van der Waals surface area contributed by atoms with E-state index in [9.17, 15) is 0 Å². The van der Waals surface area contributed by atoms with Crippen LogP contribution < -0.4 is 0 Å². The largest absolute Gasteiger partial charge is 0.365 e. The highest BCUT2D eigenvalue weighted by molar-refractivity contribution is 6.17. The quantitative estimate of drug-likeness (QED) is 0.604. The molecule has 0 N–H and O–H groups in total. The summed E-state index contributed by atoms with van der Waals surface area (Å²) in [6.45, 7) is 1.15. The van der Waals surface area contributed by atoms with Crippen LogP contribution in [0.5, 0.6) is 0 Å². The molecular formula is C23H28ClNO. The first-order chi connectivity index (χ1) is 12.8. The first kappa shape index (κ1) is 18.0. The summed E-state index contributed by atoms with van der Waals surface area (Å²) in [5, 5.41) is 0. The molecule has 2 bridgehead atoms. The Morgan fingerprint density at radius 2 is 1.42 bits per heavy atom. The van der Waals surface area contributed by atoms with E-state index >= 15 is 0 Å². The summed E-state index contributed by atoms with van der Waals surface area (Å²) in [6.07, 6.45) is 6.38. The molecule has 3 heteroatoms. The second-order valence-electron chi connectivity index (χ2n) is 7.60. The van der Waals surface area contributed by atoms with Gasteiger partial charge in [-0.2, -0.15) is 0 Å². The van der Waals surface area contributed by atoms with E-state index in [1.54, 1.807) is 0 Å². The van der Waals surface area contributed by atoms with Crippen molar-refractivity contribution in [2.75, 3.05) is 12.4 Å². The van der Waals surface area contributed by atoms with Crippen LogP contribution in [0.2, 0.25) is 0 Å². The lowest BCUT2D eigenvalue weighted by Gasteiger charge is -2.40. The predicted molar refractivity (Wildman–Crippen MR) is 108 cm³/mol. The maximum atomic E-state index is 6.74. The average Bonchev–Trinajstić information content (AvgIpc) is 2.93. The standard InChI is InChI=1S/C23H28ClNO/c24-14-7-15-25-20-12-13-21(25)17-22(16-20)26-23(18-8-3-1-4-9-18)19-10-5-2-6-11-19/h1-6,8-11,20-23H,7,12-17H2. The van der Waals surface area contributed by atoms with Crippen LogP contribution in [0.1, 0.15) is 49.3 Å². The van der Waals surface area contributed by atoms with E-state index in [1.807, 2.05) is 0 Å². The van der Waals surface area contributed by atoms with E-state index < -0.39 is 0 Å². The first-order valence-electron chi connectivity index (χ1n) is 9.92. The normalized spacial score (nSPS) is 25.7. The topological polar surface area (TPSA) is 12.5 Å². The van der Waals surface area contributed by atoms with Crippen LogP contribution >= 0.6 is 11.6 Å². The van der Waals surface area contributed by atoms with E-state index in [1.165, 1.54) is 24.0 Å². The van der Waals surface area contributed by atoms with Gasteiger partial charge in [0, 0.05) is 18.0 Å². The van der Waals surface area contributed by atoms with E-state index in [0.29, 0.717) is 18.2 Å². The van der Waals surface area contributed by atoms with Crippen molar-refractivity contribution in [2.24, 2.45) is 0 Å². The second-order valence-corrected chi connectivity index (χ2v) is 7.97. The third-order valence-corrected chi connectivity index (χ3v) is 6.19. The maximum Gasteiger partial charge on any atom is 0.108 e. The summed E-state index contributed by atoms with van der Waals surface area (Å²) >= 11 is 5.92. The molecule has 138 valence electrons. The summed E-state index contributed by atoms with van der Waals surface area (Å²) in [4.78, 5) is 2.70. The molecule has 4 rings (SSSR count). The minimum atomic E-state index is 0.0243. The third-order valence-electron chi connectivity index (χ3n) is 5.92. The van der Waals surface area contributed by atoms with Crippen molar-refractivity contribution in [1.82, 2.24) is 4.90 Å². The van der Waals surface area contributed by atoms with Crippen molar-refractivity contribution < 1.29 is 4.74 Å². The highest BCUT2D eigenvalue weighted by atomic mass is 35.5. The Labute approximate surface area is 162 Å². The van der Waals surface area contributed by atoms with Crippen molar-refractivity contribution in [1.29, 1.82) is 0 Å². The highest BCUT2D eigenvalue weighted by Gasteiger charge is 2.41. The molecule has 0 radical (unpaired) electrons. The van der Waals surface area contributed by atoms with Crippen LogP contribution in [0.3, 0.4) is 0 Å². The van der Waals surface area contributed by atoms with E-state index in [4.69, 9.17) is 16.3 Å². The Hall–Kier alpha value is -1.35. The summed E-state index contributed by atoms with van der Waals surface area (Å²) in [6, 6.07) is 22.6. The Kier molecular flexibility index (Phi) is 5.94. The van der Waals surface area contributed by atoms with Gasteiger partial charge in [0.1, 0.15) is 6.10 Å². The van der Waals surface area contributed by atoms with Crippen LogP contribution in [-0.4, -0.2) is 35.5 Å². The molecule has 2 nitrogen and oxygen atoms in total. The minimum absolute atomic E-state index is 0.0243. The zero-order chi connectivity index (χ0) is 17.8. The van der Waals surface area contributed by atoms with Crippen molar-refractivity contribution in [3.8, 4) is 0 Å². The fourth-order valence-electron chi connectivity index (χ4n) is 4.74. The zero-order valence-corrected chi connectivity index (χ0v) is 16.0. The van der Waals surface area contributed by atoms with Crippen LogP contribution in [-0.2, 0) is 4.74 Å². The number of halogens is 1. The molecule has 2 aliphatic rings. The summed E-state index contributed by atoms with van der Waals surface area (Å²) in [5.41, 5.74) is 2.49. The van der Waals surface area contributed by atoms with Crippen molar-refractivity contribution in [3.63, 3.8) is 0 Å². The van der Waals surface area contributed by atoms with Gasteiger partial charge in [0.2, 0.25) is 0 Å². The van der Waals surface area contributed by atoms with Gasteiger partial charge in [0.25, 0.3) is 0 Å². The van der Waals surface area contributed by atoms with Crippen LogP contribution in [0.25, 0.3) is 0 Å². The van der Waals surface area contributed by atoms with Crippen molar-refractivity contribution >= 4 is 11.6 Å². The molecule has 2 fully saturated rings. The molecule has 0 amide bonds. The number of benzene rings is 2. The Morgan fingerprint density at radius 3 is 1.92 bits per heavy atom. The van der Waals surface area contributed by atoms with Gasteiger partial charge in [-0.25, -0.2) is 0 Å². The average molecular weight is 370 g/mol. The van der Waals surface area contributed by atoms with E-state index in [0.717, 1.165) is 31.7 Å². The summed E-state index contributed by atoms with van der Waals surface area (Å²) in [7, 11) is 0. The van der Waals surface area contributed by atoms with Gasteiger partial charge in [0.05, 0.1) is 6.10 Å². The lowest BCUT2D eigenvalue weighted by Crippen LogP contribution is -2.46. The molecule has 2 aromatic carbocycles. The van der Waals surface area contributed by atoms with Gasteiger partial charge in [-0.1, -0.05) is 60.7 Å². The first-order valence-corrected chi connectivity index (χ1v) is 10.5. The smallest absolute Gasteiger partial charge is 0.108 e. The molecule has 26 heavy (non-hydrogen) atoms. The van der Waals surface area contributed by atoms with Crippen LogP contribution in [0.4, 0.5) is 0 Å². The second kappa shape index (κ2) is 8.56. The molecule has 2 unspecified atom stereocenters. The lowest BCUT2D eigenvalue weighted by atomic mass is 9.97. The van der Waals surface area contributed by atoms with Crippen LogP contribution in [0, 0.1) is 0 Å². The van der Waals surface area contributed by atoms with Crippen LogP contribution in [0.15, 0.2) is 60.7 Å². The number of piperidine rings is 1. The molecule has 0 spiro atoms. The number of ether oxygens (including phenoxy) is 1. The highest BCUT2D eigenvalue weighted by Crippen LogP contribution is 2.39. The summed E-state index contributed by atoms with van der Waals surface area (Å²) < 4.78 is 6.74. The van der Waals surface area contributed by atoms with Gasteiger partial charge in [-0.05, 0) is 49.8 Å². The molecule has 2 atom stereocenters. The molecule has 2 aliphatic heterocycles. The predicted octanol–water partition coefficient (Wildman–Crippen LogP) is 5.42. The molecule has 2 saturated heterocycles. The van der Waals surface area contributed by atoms with Crippen molar-refractivity contribution in [3.05, 3.63) is 71.8 Å². The van der Waals surface area contributed by atoms with Crippen molar-refractivity contribution in [2.45, 2.75) is 56.4 Å². The Bertz CT molecular complexity index is 624. The van der Waals surface area contributed by atoms with Gasteiger partial charge < -0.3 is 4.74 Å². The minimum Gasteiger partial charge on any atom is -0.365 e. The number of nitrogens with zero attached hydrogens (tertiary/aromatic N) is 1. The molecule has 0 aliphatic carbocycles. The van der Waals surface area contributed by atoms with Gasteiger partial charge >= 0.3 is 0 Å². The molecule has 0 saturated carbocycles. The van der Waals surface area contributed by atoms with E-state index in [2.05, 4.69) is 65.6 Å². The fourth-order valence-corrected chi connectivity index (χ4v) is 4.86. The molecular weight excluding hydrogens is 342 g/mol. The fraction of sp³-hybridized carbons (Fsp3) is 0.478. The number of rotatable bonds is 7.